The number of alkyl halides is 3. The number of hydrogen-bond acceptors (Lipinski definition) is 3. The summed E-state index contributed by atoms with van der Waals surface area (Å²) in [5, 5.41) is 3.43. The predicted octanol–water partition coefficient (Wildman–Crippen LogP) is 3.17. The van der Waals surface area contributed by atoms with E-state index in [0.717, 1.165) is 12.3 Å². The molecule has 3 nitrogen and oxygen atoms in total. The second-order valence-electron chi connectivity index (χ2n) is 3.28. The molecule has 0 radical (unpaired) electrons. The molecular weight excluding hydrogens is 235 g/mol. The first-order valence-electron chi connectivity index (χ1n) is 4.60. The molecule has 0 saturated carbocycles. The van der Waals surface area contributed by atoms with Crippen molar-refractivity contribution in [2.75, 3.05) is 0 Å². The van der Waals surface area contributed by atoms with Gasteiger partial charge >= 0.3 is 6.18 Å². The van der Waals surface area contributed by atoms with Crippen LogP contribution in [-0.4, -0.2) is 11.4 Å². The molecule has 0 aliphatic heterocycles. The molecule has 2 rings (SSSR count). The molecule has 0 amide bonds. The number of rotatable bonds is 2. The predicted molar refractivity (Wildman–Crippen MR) is 52.3 cm³/mol. The minimum absolute atomic E-state index is 0.0123. The maximum atomic E-state index is 12.7. The second kappa shape index (κ2) is 4.04. The SMILES string of the molecule is O=Cc1conc1-c1ccccc1C(F)(F)F. The molecule has 2 aromatic rings. The molecule has 0 spiro atoms. The van der Waals surface area contributed by atoms with Crippen molar-refractivity contribution < 1.29 is 22.5 Å². The van der Waals surface area contributed by atoms with Crippen LogP contribution in [0.2, 0.25) is 0 Å². The van der Waals surface area contributed by atoms with Gasteiger partial charge in [0.2, 0.25) is 0 Å². The van der Waals surface area contributed by atoms with Crippen LogP contribution in [0.1, 0.15) is 15.9 Å². The zero-order valence-corrected chi connectivity index (χ0v) is 8.36. The van der Waals surface area contributed by atoms with Crippen molar-refractivity contribution in [3.8, 4) is 11.3 Å². The van der Waals surface area contributed by atoms with Crippen LogP contribution in [0.5, 0.6) is 0 Å². The molecule has 0 N–H and O–H groups in total. The van der Waals surface area contributed by atoms with E-state index >= 15 is 0 Å². The molecule has 1 aromatic carbocycles. The van der Waals surface area contributed by atoms with Crippen molar-refractivity contribution in [1.82, 2.24) is 5.16 Å². The van der Waals surface area contributed by atoms with Crippen LogP contribution >= 0.6 is 0 Å². The standard InChI is InChI=1S/C11H6F3NO2/c12-11(13,14)9-4-2-1-3-8(9)10-7(5-16)6-17-15-10/h1-6H. The normalized spacial score (nSPS) is 11.5. The molecule has 0 aliphatic carbocycles. The monoisotopic (exact) mass is 241 g/mol. The summed E-state index contributed by atoms with van der Waals surface area (Å²) in [5.74, 6) is 0. The van der Waals surface area contributed by atoms with E-state index in [1.807, 2.05) is 0 Å². The Balaban J connectivity index is 2.64. The van der Waals surface area contributed by atoms with E-state index in [-0.39, 0.29) is 16.8 Å². The zero-order chi connectivity index (χ0) is 12.5. The molecule has 0 bridgehead atoms. The molecule has 1 heterocycles. The highest BCUT2D eigenvalue weighted by molar-refractivity contribution is 5.85. The van der Waals surface area contributed by atoms with Gasteiger partial charge in [-0.2, -0.15) is 13.2 Å². The van der Waals surface area contributed by atoms with Crippen LogP contribution in [0.25, 0.3) is 11.3 Å². The first-order valence-corrected chi connectivity index (χ1v) is 4.60. The molecule has 0 unspecified atom stereocenters. The van der Waals surface area contributed by atoms with Gasteiger partial charge in [0, 0.05) is 5.56 Å². The van der Waals surface area contributed by atoms with Crippen LogP contribution in [0.4, 0.5) is 13.2 Å². The number of aromatic nitrogens is 1. The lowest BCUT2D eigenvalue weighted by Gasteiger charge is -2.10. The van der Waals surface area contributed by atoms with Gasteiger partial charge in [-0.1, -0.05) is 23.4 Å². The number of carbonyl (C=O) groups is 1. The first kappa shape index (κ1) is 11.4. The topological polar surface area (TPSA) is 43.1 Å². The van der Waals surface area contributed by atoms with Crippen molar-refractivity contribution in [3.63, 3.8) is 0 Å². The third-order valence-corrected chi connectivity index (χ3v) is 2.21. The molecule has 0 aliphatic rings. The molecular formula is C11H6F3NO2. The highest BCUT2D eigenvalue weighted by atomic mass is 19.4. The Morgan fingerprint density at radius 2 is 1.94 bits per heavy atom. The Labute approximate surface area is 93.8 Å². The van der Waals surface area contributed by atoms with Crippen LogP contribution in [-0.2, 0) is 6.18 Å². The van der Waals surface area contributed by atoms with Crippen molar-refractivity contribution in [2.24, 2.45) is 0 Å². The number of benzene rings is 1. The fourth-order valence-electron chi connectivity index (χ4n) is 1.47. The lowest BCUT2D eigenvalue weighted by molar-refractivity contribution is -0.137. The van der Waals surface area contributed by atoms with Crippen LogP contribution in [0, 0.1) is 0 Å². The summed E-state index contributed by atoms with van der Waals surface area (Å²) in [7, 11) is 0. The fourth-order valence-corrected chi connectivity index (χ4v) is 1.47. The highest BCUT2D eigenvalue weighted by Crippen LogP contribution is 2.37. The van der Waals surface area contributed by atoms with Gasteiger partial charge in [0.25, 0.3) is 0 Å². The van der Waals surface area contributed by atoms with E-state index in [2.05, 4.69) is 9.68 Å². The molecule has 17 heavy (non-hydrogen) atoms. The minimum atomic E-state index is -4.50. The largest absolute Gasteiger partial charge is 0.417 e. The molecule has 6 heteroatoms. The van der Waals surface area contributed by atoms with Crippen LogP contribution in [0.3, 0.4) is 0 Å². The Morgan fingerprint density at radius 3 is 2.59 bits per heavy atom. The highest BCUT2D eigenvalue weighted by Gasteiger charge is 2.34. The summed E-state index contributed by atoms with van der Waals surface area (Å²) < 4.78 is 42.7. The maximum Gasteiger partial charge on any atom is 0.417 e. The minimum Gasteiger partial charge on any atom is -0.363 e. The average Bonchev–Trinajstić information content (AvgIpc) is 2.75. The summed E-state index contributed by atoms with van der Waals surface area (Å²) in [5.41, 5.74) is -1.14. The summed E-state index contributed by atoms with van der Waals surface area (Å²) in [6.07, 6.45) is -3.09. The van der Waals surface area contributed by atoms with Gasteiger partial charge in [0.1, 0.15) is 12.0 Å². The number of nitrogens with zero attached hydrogens (tertiary/aromatic N) is 1. The average molecular weight is 241 g/mol. The van der Waals surface area contributed by atoms with Gasteiger partial charge in [-0.15, -0.1) is 0 Å². The lowest BCUT2D eigenvalue weighted by atomic mass is 10.0. The van der Waals surface area contributed by atoms with E-state index in [1.54, 1.807) is 0 Å². The molecule has 88 valence electrons. The van der Waals surface area contributed by atoms with E-state index < -0.39 is 11.7 Å². The third kappa shape index (κ3) is 2.06. The van der Waals surface area contributed by atoms with Crippen molar-refractivity contribution in [2.45, 2.75) is 6.18 Å². The van der Waals surface area contributed by atoms with Crippen LogP contribution in [0.15, 0.2) is 35.1 Å². The van der Waals surface area contributed by atoms with Gasteiger partial charge in [0.15, 0.2) is 6.29 Å². The quantitative estimate of drug-likeness (QED) is 0.758. The Bertz CT molecular complexity index is 546. The van der Waals surface area contributed by atoms with Crippen molar-refractivity contribution in [1.29, 1.82) is 0 Å². The summed E-state index contributed by atoms with van der Waals surface area (Å²) >= 11 is 0. The molecule has 0 atom stereocenters. The van der Waals surface area contributed by atoms with Gasteiger partial charge in [-0.3, -0.25) is 4.79 Å². The molecule has 0 saturated heterocycles. The van der Waals surface area contributed by atoms with E-state index in [1.165, 1.54) is 18.2 Å². The summed E-state index contributed by atoms with van der Waals surface area (Å²) in [4.78, 5) is 10.6. The Kier molecular flexibility index (Phi) is 2.71. The van der Waals surface area contributed by atoms with Gasteiger partial charge < -0.3 is 4.52 Å². The van der Waals surface area contributed by atoms with Gasteiger partial charge in [0.05, 0.1) is 11.1 Å². The second-order valence-corrected chi connectivity index (χ2v) is 3.28. The fraction of sp³-hybridized carbons (Fsp3) is 0.0909. The van der Waals surface area contributed by atoms with E-state index in [4.69, 9.17) is 0 Å². The summed E-state index contributed by atoms with van der Waals surface area (Å²) in [6, 6.07) is 4.88. The number of hydrogen-bond donors (Lipinski definition) is 0. The third-order valence-electron chi connectivity index (χ3n) is 2.21. The van der Waals surface area contributed by atoms with Crippen LogP contribution < -0.4 is 0 Å². The van der Waals surface area contributed by atoms with Gasteiger partial charge in [-0.25, -0.2) is 0 Å². The summed E-state index contributed by atoms with van der Waals surface area (Å²) in [6.45, 7) is 0. The van der Waals surface area contributed by atoms with Gasteiger partial charge in [-0.05, 0) is 6.07 Å². The van der Waals surface area contributed by atoms with E-state index in [0.29, 0.717) is 6.29 Å². The molecule has 0 fully saturated rings. The zero-order valence-electron chi connectivity index (χ0n) is 8.36. The Morgan fingerprint density at radius 1 is 1.24 bits per heavy atom. The Hall–Kier alpha value is -2.11. The number of halogens is 3. The number of aldehydes is 1. The first-order chi connectivity index (χ1) is 8.04. The molecule has 1 aromatic heterocycles. The maximum absolute atomic E-state index is 12.7. The van der Waals surface area contributed by atoms with E-state index in [9.17, 15) is 18.0 Å². The smallest absolute Gasteiger partial charge is 0.363 e. The van der Waals surface area contributed by atoms with Crippen molar-refractivity contribution >= 4 is 6.29 Å². The lowest BCUT2D eigenvalue weighted by Crippen LogP contribution is -2.07. The van der Waals surface area contributed by atoms with Crippen molar-refractivity contribution in [3.05, 3.63) is 41.7 Å². The number of carbonyl (C=O) groups excluding carboxylic acids is 1.